The number of nitro benzene ring substituents is 1. The number of anilines is 2. The summed E-state index contributed by atoms with van der Waals surface area (Å²) >= 11 is 0. The van der Waals surface area contributed by atoms with Crippen molar-refractivity contribution in [3.63, 3.8) is 0 Å². The summed E-state index contributed by atoms with van der Waals surface area (Å²) in [5.74, 6) is -1.60. The van der Waals surface area contributed by atoms with Gasteiger partial charge in [0.05, 0.1) is 4.92 Å². The zero-order valence-corrected chi connectivity index (χ0v) is 10.2. The highest BCUT2D eigenvalue weighted by Crippen LogP contribution is 2.33. The van der Waals surface area contributed by atoms with Crippen LogP contribution in [0.3, 0.4) is 0 Å². The second kappa shape index (κ2) is 4.78. The molecule has 2 aromatic carbocycles. The topological polar surface area (TPSA) is 94.1 Å². The highest BCUT2D eigenvalue weighted by Gasteiger charge is 2.22. The number of benzene rings is 2. The van der Waals surface area contributed by atoms with E-state index in [-0.39, 0.29) is 22.4 Å². The minimum atomic E-state index is -0.802. The highest BCUT2D eigenvalue weighted by atomic mass is 19.1. The molecule has 9 heteroatoms. The average molecular weight is 292 g/mol. The SMILES string of the molecule is O=[N+]([O-])c1c(Nc2cc(F)cc(F)c2)ccc2nonc12. The van der Waals surface area contributed by atoms with Crippen LogP contribution < -0.4 is 5.32 Å². The molecule has 0 amide bonds. The number of halogens is 2. The highest BCUT2D eigenvalue weighted by molar-refractivity contribution is 5.91. The summed E-state index contributed by atoms with van der Waals surface area (Å²) in [6, 6.07) is 5.52. The van der Waals surface area contributed by atoms with Gasteiger partial charge in [-0.1, -0.05) is 0 Å². The second-order valence-electron chi connectivity index (χ2n) is 4.13. The Kier molecular flexibility index (Phi) is 2.94. The number of rotatable bonds is 3. The molecule has 0 atom stereocenters. The summed E-state index contributed by atoms with van der Waals surface area (Å²) in [6.07, 6.45) is 0. The predicted molar refractivity (Wildman–Crippen MR) is 68.1 cm³/mol. The molecule has 0 aliphatic carbocycles. The Morgan fingerprint density at radius 2 is 1.86 bits per heavy atom. The number of hydrogen-bond donors (Lipinski definition) is 1. The van der Waals surface area contributed by atoms with Crippen LogP contribution in [0.2, 0.25) is 0 Å². The predicted octanol–water partition coefficient (Wildman–Crippen LogP) is 3.15. The number of hydrogen-bond acceptors (Lipinski definition) is 6. The normalized spacial score (nSPS) is 10.8. The number of fused-ring (bicyclic) bond motifs is 1. The Balaban J connectivity index is 2.11. The monoisotopic (exact) mass is 292 g/mol. The Bertz CT molecular complexity index is 829. The third-order valence-corrected chi connectivity index (χ3v) is 2.73. The van der Waals surface area contributed by atoms with Gasteiger partial charge in [-0.3, -0.25) is 10.1 Å². The van der Waals surface area contributed by atoms with Gasteiger partial charge < -0.3 is 5.32 Å². The summed E-state index contributed by atoms with van der Waals surface area (Å²) in [4.78, 5) is 10.5. The number of nitrogens with zero attached hydrogens (tertiary/aromatic N) is 3. The lowest BCUT2D eigenvalue weighted by atomic mass is 10.2. The van der Waals surface area contributed by atoms with Crippen LogP contribution >= 0.6 is 0 Å². The maximum Gasteiger partial charge on any atom is 0.323 e. The van der Waals surface area contributed by atoms with Crippen LogP contribution in [-0.4, -0.2) is 15.2 Å². The Hall–Kier alpha value is -3.10. The molecule has 0 bridgehead atoms. The van der Waals surface area contributed by atoms with E-state index in [0.717, 1.165) is 12.1 Å². The van der Waals surface area contributed by atoms with Gasteiger partial charge in [-0.25, -0.2) is 13.4 Å². The van der Waals surface area contributed by atoms with Gasteiger partial charge in [0, 0.05) is 11.8 Å². The smallest absolute Gasteiger partial charge is 0.323 e. The zero-order valence-electron chi connectivity index (χ0n) is 10.2. The Morgan fingerprint density at radius 3 is 2.52 bits per heavy atom. The molecule has 106 valence electrons. The largest absolute Gasteiger partial charge is 0.350 e. The summed E-state index contributed by atoms with van der Waals surface area (Å²) < 4.78 is 30.7. The first-order valence-electron chi connectivity index (χ1n) is 5.67. The van der Waals surface area contributed by atoms with E-state index in [1.54, 1.807) is 0 Å². The van der Waals surface area contributed by atoms with Crippen molar-refractivity contribution in [1.82, 2.24) is 10.3 Å². The lowest BCUT2D eigenvalue weighted by Gasteiger charge is -2.07. The van der Waals surface area contributed by atoms with E-state index in [1.807, 2.05) is 0 Å². The quantitative estimate of drug-likeness (QED) is 0.588. The van der Waals surface area contributed by atoms with E-state index in [0.29, 0.717) is 6.07 Å². The summed E-state index contributed by atoms with van der Waals surface area (Å²) in [5, 5.41) is 20.7. The molecule has 7 nitrogen and oxygen atoms in total. The minimum Gasteiger partial charge on any atom is -0.350 e. The number of aromatic nitrogens is 2. The van der Waals surface area contributed by atoms with Crippen LogP contribution in [0.4, 0.5) is 25.8 Å². The number of nitrogens with one attached hydrogen (secondary N) is 1. The van der Waals surface area contributed by atoms with E-state index in [9.17, 15) is 18.9 Å². The molecule has 21 heavy (non-hydrogen) atoms. The zero-order chi connectivity index (χ0) is 15.0. The lowest BCUT2D eigenvalue weighted by Crippen LogP contribution is -1.99. The van der Waals surface area contributed by atoms with E-state index in [4.69, 9.17) is 0 Å². The molecule has 0 spiro atoms. The third kappa shape index (κ3) is 2.36. The second-order valence-corrected chi connectivity index (χ2v) is 4.13. The van der Waals surface area contributed by atoms with Crippen molar-refractivity contribution in [2.24, 2.45) is 0 Å². The first kappa shape index (κ1) is 12.9. The fourth-order valence-corrected chi connectivity index (χ4v) is 1.91. The van der Waals surface area contributed by atoms with Gasteiger partial charge in [-0.2, -0.15) is 0 Å². The van der Waals surface area contributed by atoms with Crippen molar-refractivity contribution in [3.8, 4) is 0 Å². The van der Waals surface area contributed by atoms with Crippen LogP contribution in [0.1, 0.15) is 0 Å². The number of nitro groups is 1. The Morgan fingerprint density at radius 1 is 1.14 bits per heavy atom. The molecule has 0 unspecified atom stereocenters. The van der Waals surface area contributed by atoms with Crippen LogP contribution in [0.5, 0.6) is 0 Å². The molecule has 1 heterocycles. The Labute approximate surface area is 115 Å². The van der Waals surface area contributed by atoms with Crippen LogP contribution in [-0.2, 0) is 0 Å². The van der Waals surface area contributed by atoms with Crippen molar-refractivity contribution >= 4 is 28.1 Å². The fraction of sp³-hybridized carbons (Fsp3) is 0. The van der Waals surface area contributed by atoms with Crippen LogP contribution in [0, 0.1) is 21.7 Å². The van der Waals surface area contributed by atoms with Gasteiger partial charge in [0.25, 0.3) is 0 Å². The van der Waals surface area contributed by atoms with Crippen LogP contribution in [0.15, 0.2) is 35.0 Å². The molecule has 0 aliphatic heterocycles. The third-order valence-electron chi connectivity index (χ3n) is 2.73. The molecule has 0 radical (unpaired) electrons. The maximum atomic E-state index is 13.1. The van der Waals surface area contributed by atoms with E-state index in [2.05, 4.69) is 20.3 Å². The molecule has 0 saturated carbocycles. The van der Waals surface area contributed by atoms with Gasteiger partial charge in [-0.15, -0.1) is 0 Å². The lowest BCUT2D eigenvalue weighted by molar-refractivity contribution is -0.382. The van der Waals surface area contributed by atoms with Gasteiger partial charge in [0.15, 0.2) is 0 Å². The first-order chi connectivity index (χ1) is 10.0. The molecule has 0 aliphatic rings. The molecule has 3 aromatic rings. The van der Waals surface area contributed by atoms with Gasteiger partial charge in [0.1, 0.15) is 22.8 Å². The maximum absolute atomic E-state index is 13.1. The van der Waals surface area contributed by atoms with Crippen molar-refractivity contribution in [1.29, 1.82) is 0 Å². The van der Waals surface area contributed by atoms with E-state index < -0.39 is 22.2 Å². The molecular weight excluding hydrogens is 286 g/mol. The first-order valence-corrected chi connectivity index (χ1v) is 5.67. The molecule has 1 aromatic heterocycles. The molecule has 0 fully saturated rings. The van der Waals surface area contributed by atoms with Crippen molar-refractivity contribution in [3.05, 3.63) is 52.1 Å². The van der Waals surface area contributed by atoms with Crippen molar-refractivity contribution in [2.75, 3.05) is 5.32 Å². The molecular formula is C12H6F2N4O3. The van der Waals surface area contributed by atoms with Crippen molar-refractivity contribution in [2.45, 2.75) is 0 Å². The summed E-state index contributed by atoms with van der Waals surface area (Å²) in [5.41, 5.74) is -0.183. The van der Waals surface area contributed by atoms with Gasteiger partial charge in [0.2, 0.25) is 5.52 Å². The fourth-order valence-electron chi connectivity index (χ4n) is 1.91. The standard InChI is InChI=1S/C12H6F2N4O3/c13-6-3-7(14)5-8(4-6)15-10-2-1-9-11(17-21-16-9)12(10)18(19)20/h1-5,15H. The molecule has 0 saturated heterocycles. The molecule has 3 rings (SSSR count). The summed E-state index contributed by atoms with van der Waals surface area (Å²) in [7, 11) is 0. The van der Waals surface area contributed by atoms with E-state index in [1.165, 1.54) is 12.1 Å². The van der Waals surface area contributed by atoms with E-state index >= 15 is 0 Å². The minimum absolute atomic E-state index is 0.0215. The molecule has 1 N–H and O–H groups in total. The average Bonchev–Trinajstić information content (AvgIpc) is 2.84. The van der Waals surface area contributed by atoms with Crippen molar-refractivity contribution < 1.29 is 18.3 Å². The van der Waals surface area contributed by atoms with Crippen LogP contribution in [0.25, 0.3) is 11.0 Å². The summed E-state index contributed by atoms with van der Waals surface area (Å²) in [6.45, 7) is 0. The van der Waals surface area contributed by atoms with Gasteiger partial charge >= 0.3 is 5.69 Å². The van der Waals surface area contributed by atoms with Gasteiger partial charge in [-0.05, 0) is 34.6 Å².